The average molecular weight is 431 g/mol. The lowest BCUT2D eigenvalue weighted by molar-refractivity contribution is 0.422. The Bertz CT molecular complexity index is 904. The van der Waals surface area contributed by atoms with E-state index >= 15 is 0 Å². The first-order valence-corrected chi connectivity index (χ1v) is 13.4. The highest BCUT2D eigenvalue weighted by atomic mass is 28.2. The molecule has 0 bridgehead atoms. The van der Waals surface area contributed by atoms with Crippen LogP contribution < -0.4 is 0 Å². The van der Waals surface area contributed by atoms with Gasteiger partial charge in [-0.05, 0) is 50.6 Å². The van der Waals surface area contributed by atoms with E-state index in [2.05, 4.69) is 114 Å². The van der Waals surface area contributed by atoms with E-state index in [1.807, 2.05) is 0 Å². The van der Waals surface area contributed by atoms with E-state index in [9.17, 15) is 5.11 Å². The zero-order valence-corrected chi connectivity index (χ0v) is 21.5. The van der Waals surface area contributed by atoms with Crippen molar-refractivity contribution in [2.75, 3.05) is 0 Å². The fourth-order valence-electron chi connectivity index (χ4n) is 4.39. The normalized spacial score (nSPS) is 12.7. The summed E-state index contributed by atoms with van der Waals surface area (Å²) in [4.78, 5) is 0. The van der Waals surface area contributed by atoms with Crippen molar-refractivity contribution in [1.29, 1.82) is 0 Å². The molecule has 0 unspecified atom stereocenters. The summed E-state index contributed by atoms with van der Waals surface area (Å²) in [5, 5.41) is 11.0. The standard InChI is InChI=1S/C29H38OSi/c1-28(2,3)24-19-21(20-25(26(24)30)29(4,5)6)17-18-31-27(22-13-9-7-10-14-22)23-15-11-8-12-16-23/h7-16,19-20,27,30H,17-18,31H2,1-6H3. The van der Waals surface area contributed by atoms with Crippen LogP contribution in [-0.2, 0) is 17.3 Å². The zero-order chi connectivity index (χ0) is 22.6. The Balaban J connectivity index is 1.86. The first kappa shape index (κ1) is 23.3. The van der Waals surface area contributed by atoms with Gasteiger partial charge in [0.25, 0.3) is 0 Å². The number of aromatic hydroxyl groups is 1. The molecule has 0 aliphatic carbocycles. The Labute approximate surface area is 191 Å². The lowest BCUT2D eigenvalue weighted by atomic mass is 9.78. The van der Waals surface area contributed by atoms with Crippen LogP contribution in [0.3, 0.4) is 0 Å². The molecule has 31 heavy (non-hydrogen) atoms. The van der Waals surface area contributed by atoms with E-state index in [1.165, 1.54) is 22.7 Å². The van der Waals surface area contributed by atoms with Crippen molar-refractivity contribution >= 4 is 9.52 Å². The van der Waals surface area contributed by atoms with Crippen LogP contribution in [0.1, 0.15) is 74.9 Å². The topological polar surface area (TPSA) is 20.2 Å². The molecule has 0 heterocycles. The lowest BCUT2D eigenvalue weighted by Gasteiger charge is -2.28. The molecule has 0 amide bonds. The fraction of sp³-hybridized carbons (Fsp3) is 0.379. The fourth-order valence-corrected chi connectivity index (χ4v) is 6.62. The maximum atomic E-state index is 11.0. The molecule has 0 aliphatic heterocycles. The number of hydrogen-bond acceptors (Lipinski definition) is 1. The Kier molecular flexibility index (Phi) is 7.11. The van der Waals surface area contributed by atoms with E-state index in [0.717, 1.165) is 17.5 Å². The molecule has 0 fully saturated rings. The Morgan fingerprint density at radius 3 is 1.52 bits per heavy atom. The Morgan fingerprint density at radius 1 is 0.710 bits per heavy atom. The van der Waals surface area contributed by atoms with Crippen LogP contribution in [0.2, 0.25) is 6.04 Å². The molecule has 0 saturated heterocycles. The number of phenols is 1. The first-order valence-electron chi connectivity index (χ1n) is 11.5. The van der Waals surface area contributed by atoms with Crippen LogP contribution >= 0.6 is 0 Å². The molecular formula is C29H38OSi. The van der Waals surface area contributed by atoms with E-state index in [0.29, 0.717) is 11.3 Å². The van der Waals surface area contributed by atoms with Crippen molar-refractivity contribution in [2.24, 2.45) is 0 Å². The summed E-state index contributed by atoms with van der Waals surface area (Å²) in [6, 6.07) is 27.7. The van der Waals surface area contributed by atoms with E-state index in [-0.39, 0.29) is 20.3 Å². The highest BCUT2D eigenvalue weighted by molar-refractivity contribution is 6.39. The minimum absolute atomic E-state index is 0.0753. The summed E-state index contributed by atoms with van der Waals surface area (Å²) in [6.07, 6.45) is 1.08. The maximum Gasteiger partial charge on any atom is 0.123 e. The molecule has 1 N–H and O–H groups in total. The van der Waals surface area contributed by atoms with Crippen LogP contribution in [-0.4, -0.2) is 14.6 Å². The average Bonchev–Trinajstić information content (AvgIpc) is 2.71. The number of hydrogen-bond donors (Lipinski definition) is 1. The summed E-state index contributed by atoms with van der Waals surface area (Å²) in [5.41, 5.74) is 6.78. The number of aryl methyl sites for hydroxylation is 1. The highest BCUT2D eigenvalue weighted by Gasteiger charge is 2.26. The molecule has 164 valence electrons. The van der Waals surface area contributed by atoms with Gasteiger partial charge in [-0.1, -0.05) is 120 Å². The van der Waals surface area contributed by atoms with Crippen molar-refractivity contribution in [3.8, 4) is 5.75 Å². The van der Waals surface area contributed by atoms with Gasteiger partial charge >= 0.3 is 0 Å². The molecule has 0 aromatic heterocycles. The summed E-state index contributed by atoms with van der Waals surface area (Å²) in [5.74, 6) is 0.479. The molecule has 0 atom stereocenters. The summed E-state index contributed by atoms with van der Waals surface area (Å²) in [7, 11) is -0.380. The quantitative estimate of drug-likeness (QED) is 0.421. The van der Waals surface area contributed by atoms with Gasteiger partial charge in [-0.3, -0.25) is 0 Å². The number of benzene rings is 3. The molecule has 3 aromatic rings. The summed E-state index contributed by atoms with van der Waals surface area (Å²) in [6.45, 7) is 13.1. The van der Waals surface area contributed by atoms with E-state index in [4.69, 9.17) is 0 Å². The van der Waals surface area contributed by atoms with Crippen molar-refractivity contribution in [2.45, 2.75) is 70.4 Å². The second-order valence-electron chi connectivity index (χ2n) is 10.8. The first-order chi connectivity index (χ1) is 14.6. The van der Waals surface area contributed by atoms with Gasteiger partial charge < -0.3 is 5.11 Å². The van der Waals surface area contributed by atoms with Crippen LogP contribution in [0.25, 0.3) is 0 Å². The van der Waals surface area contributed by atoms with Gasteiger partial charge in [-0.2, -0.15) is 0 Å². The monoisotopic (exact) mass is 430 g/mol. The van der Waals surface area contributed by atoms with Gasteiger partial charge in [0.05, 0.1) is 0 Å². The molecule has 0 radical (unpaired) electrons. The predicted molar refractivity (Wildman–Crippen MR) is 137 cm³/mol. The number of rotatable bonds is 6. The van der Waals surface area contributed by atoms with Gasteiger partial charge in [-0.15, -0.1) is 0 Å². The smallest absolute Gasteiger partial charge is 0.123 e. The maximum absolute atomic E-state index is 11.0. The van der Waals surface area contributed by atoms with Gasteiger partial charge in [0, 0.05) is 9.52 Å². The SMILES string of the molecule is CC(C)(C)c1cc(CC[SiH2]C(c2ccccc2)c2ccccc2)cc(C(C)(C)C)c1O. The van der Waals surface area contributed by atoms with Crippen molar-refractivity contribution in [1.82, 2.24) is 0 Å². The second-order valence-corrected chi connectivity index (χ2v) is 12.9. The molecule has 0 saturated carbocycles. The van der Waals surface area contributed by atoms with Crippen molar-refractivity contribution in [3.63, 3.8) is 0 Å². The highest BCUT2D eigenvalue weighted by Crippen LogP contribution is 2.40. The minimum atomic E-state index is -0.380. The lowest BCUT2D eigenvalue weighted by Crippen LogP contribution is -2.18. The predicted octanol–water partition coefficient (Wildman–Crippen LogP) is 6.91. The Morgan fingerprint density at radius 2 is 1.13 bits per heavy atom. The van der Waals surface area contributed by atoms with Gasteiger partial charge in [0.1, 0.15) is 5.75 Å². The third kappa shape index (κ3) is 5.89. The van der Waals surface area contributed by atoms with Gasteiger partial charge in [-0.25, -0.2) is 0 Å². The van der Waals surface area contributed by atoms with Crippen molar-refractivity contribution < 1.29 is 5.11 Å². The number of phenolic OH excluding ortho intramolecular Hbond substituents is 1. The van der Waals surface area contributed by atoms with Gasteiger partial charge in [0.15, 0.2) is 0 Å². The Hall–Kier alpha value is -2.32. The third-order valence-electron chi connectivity index (χ3n) is 6.15. The van der Waals surface area contributed by atoms with E-state index in [1.54, 1.807) is 0 Å². The van der Waals surface area contributed by atoms with Crippen LogP contribution in [0.5, 0.6) is 5.75 Å². The molecular weight excluding hydrogens is 392 g/mol. The summed E-state index contributed by atoms with van der Waals surface area (Å²) >= 11 is 0. The van der Waals surface area contributed by atoms with Crippen LogP contribution in [0, 0.1) is 0 Å². The van der Waals surface area contributed by atoms with Crippen molar-refractivity contribution in [3.05, 3.63) is 101 Å². The second kappa shape index (κ2) is 9.44. The molecule has 1 nitrogen and oxygen atoms in total. The molecule has 3 aromatic carbocycles. The molecule has 2 heteroatoms. The summed E-state index contributed by atoms with van der Waals surface area (Å²) < 4.78 is 0. The largest absolute Gasteiger partial charge is 0.507 e. The zero-order valence-electron chi connectivity index (χ0n) is 20.1. The molecule has 3 rings (SSSR count). The van der Waals surface area contributed by atoms with Crippen LogP contribution in [0.4, 0.5) is 0 Å². The molecule has 0 spiro atoms. The molecule has 0 aliphatic rings. The minimum Gasteiger partial charge on any atom is -0.507 e. The third-order valence-corrected chi connectivity index (χ3v) is 8.43. The van der Waals surface area contributed by atoms with Crippen LogP contribution in [0.15, 0.2) is 72.8 Å². The van der Waals surface area contributed by atoms with Gasteiger partial charge in [0.2, 0.25) is 0 Å². The van der Waals surface area contributed by atoms with E-state index < -0.39 is 0 Å².